The Morgan fingerprint density at radius 1 is 1.08 bits per heavy atom. The molecular formula is C17H18N2O3S2. The molecule has 2 N–H and O–H groups in total. The molecule has 5 nitrogen and oxygen atoms in total. The molecule has 0 radical (unpaired) electrons. The third-order valence-corrected chi connectivity index (χ3v) is 5.27. The first-order valence-electron chi connectivity index (χ1n) is 7.33. The lowest BCUT2D eigenvalue weighted by atomic mass is 10.3. The van der Waals surface area contributed by atoms with Crippen molar-refractivity contribution in [2.24, 2.45) is 0 Å². The van der Waals surface area contributed by atoms with E-state index in [1.807, 2.05) is 24.5 Å². The van der Waals surface area contributed by atoms with Crippen molar-refractivity contribution in [1.82, 2.24) is 5.32 Å². The highest BCUT2D eigenvalue weighted by Crippen LogP contribution is 2.24. The smallest absolute Gasteiger partial charge is 0.313 e. The van der Waals surface area contributed by atoms with Crippen LogP contribution in [0.3, 0.4) is 0 Å². The van der Waals surface area contributed by atoms with Crippen LogP contribution in [0.5, 0.6) is 0 Å². The molecule has 1 heterocycles. The zero-order valence-corrected chi connectivity index (χ0v) is 15.1. The van der Waals surface area contributed by atoms with Gasteiger partial charge < -0.3 is 10.6 Å². The molecule has 2 amide bonds. The highest BCUT2D eigenvalue weighted by Gasteiger charge is 2.14. The molecule has 0 bridgehead atoms. The number of hydrogen-bond donors (Lipinski definition) is 2. The van der Waals surface area contributed by atoms with E-state index >= 15 is 0 Å². The predicted octanol–water partition coefficient (Wildman–Crippen LogP) is 2.97. The Kier molecular flexibility index (Phi) is 6.57. The molecule has 0 aliphatic heterocycles. The lowest BCUT2D eigenvalue weighted by Crippen LogP contribution is -2.36. The zero-order chi connectivity index (χ0) is 17.5. The molecule has 0 atom stereocenters. The number of carbonyl (C=O) groups is 3. The summed E-state index contributed by atoms with van der Waals surface area (Å²) in [5, 5.41) is 5.21. The highest BCUT2D eigenvalue weighted by atomic mass is 32.2. The Morgan fingerprint density at radius 2 is 1.83 bits per heavy atom. The number of para-hydroxylation sites is 1. The predicted molar refractivity (Wildman–Crippen MR) is 97.9 cm³/mol. The van der Waals surface area contributed by atoms with Crippen LogP contribution in [0.2, 0.25) is 0 Å². The molecule has 24 heavy (non-hydrogen) atoms. The van der Waals surface area contributed by atoms with E-state index in [4.69, 9.17) is 0 Å². The maximum atomic E-state index is 11.9. The number of anilines is 1. The first-order chi connectivity index (χ1) is 11.5. The Labute approximate surface area is 148 Å². The largest absolute Gasteiger partial charge is 0.347 e. The van der Waals surface area contributed by atoms with E-state index in [1.165, 1.54) is 30.0 Å². The van der Waals surface area contributed by atoms with Gasteiger partial charge in [-0.15, -0.1) is 23.1 Å². The fourth-order valence-electron chi connectivity index (χ4n) is 2.01. The number of hydrogen-bond acceptors (Lipinski definition) is 5. The van der Waals surface area contributed by atoms with Crippen LogP contribution in [0.4, 0.5) is 5.69 Å². The number of carbonyl (C=O) groups excluding carboxylic acids is 3. The molecule has 1 aromatic heterocycles. The van der Waals surface area contributed by atoms with Crippen LogP contribution < -0.4 is 10.6 Å². The average molecular weight is 362 g/mol. The highest BCUT2D eigenvalue weighted by molar-refractivity contribution is 7.98. The first-order valence-corrected chi connectivity index (χ1v) is 9.37. The number of nitrogens with one attached hydrogen (secondary N) is 2. The third-order valence-electron chi connectivity index (χ3n) is 3.23. The maximum absolute atomic E-state index is 11.9. The van der Waals surface area contributed by atoms with Crippen LogP contribution in [0, 0.1) is 0 Å². The fraction of sp³-hybridized carbons (Fsp3) is 0.235. The Morgan fingerprint density at radius 3 is 2.50 bits per heavy atom. The molecule has 0 aliphatic rings. The summed E-state index contributed by atoms with van der Waals surface area (Å²) in [7, 11) is 0. The van der Waals surface area contributed by atoms with Gasteiger partial charge in [-0.25, -0.2) is 0 Å². The van der Waals surface area contributed by atoms with Gasteiger partial charge in [0.1, 0.15) is 0 Å². The molecule has 126 valence electrons. The minimum absolute atomic E-state index is 0.0297. The molecule has 2 rings (SSSR count). The van der Waals surface area contributed by atoms with Crippen molar-refractivity contribution in [3.8, 4) is 0 Å². The first kappa shape index (κ1) is 18.2. The van der Waals surface area contributed by atoms with Crippen molar-refractivity contribution < 1.29 is 14.4 Å². The minimum Gasteiger partial charge on any atom is -0.347 e. The number of thiophene rings is 1. The second kappa shape index (κ2) is 8.65. The van der Waals surface area contributed by atoms with Crippen LogP contribution in [0.1, 0.15) is 21.5 Å². The van der Waals surface area contributed by atoms with Crippen molar-refractivity contribution >= 4 is 46.4 Å². The Hall–Kier alpha value is -2.12. The van der Waals surface area contributed by atoms with Crippen LogP contribution >= 0.6 is 23.1 Å². The summed E-state index contributed by atoms with van der Waals surface area (Å²) in [6.07, 6.45) is 2.49. The molecule has 0 fully saturated rings. The van der Waals surface area contributed by atoms with Crippen molar-refractivity contribution in [2.75, 3.05) is 18.1 Å². The molecule has 0 spiro atoms. The van der Waals surface area contributed by atoms with Gasteiger partial charge in [-0.2, -0.15) is 0 Å². The molecule has 0 saturated carbocycles. The van der Waals surface area contributed by atoms with Gasteiger partial charge in [0.15, 0.2) is 5.78 Å². The van der Waals surface area contributed by atoms with Crippen LogP contribution in [0.15, 0.2) is 41.3 Å². The van der Waals surface area contributed by atoms with Gasteiger partial charge >= 0.3 is 11.8 Å². The van der Waals surface area contributed by atoms with Gasteiger partial charge in [0.2, 0.25) is 0 Å². The van der Waals surface area contributed by atoms with Crippen LogP contribution in [0.25, 0.3) is 0 Å². The maximum Gasteiger partial charge on any atom is 0.313 e. The second-order valence-electron chi connectivity index (χ2n) is 4.98. The van der Waals surface area contributed by atoms with Crippen molar-refractivity contribution in [1.29, 1.82) is 0 Å². The van der Waals surface area contributed by atoms with Crippen molar-refractivity contribution in [3.05, 3.63) is 46.2 Å². The molecule has 2 aromatic rings. The standard InChI is InChI=1S/C17H18N2O3S2/c1-11(20)14-8-7-12(24-14)9-10-18-16(21)17(22)19-13-5-3-4-6-15(13)23-2/h3-8H,9-10H2,1-2H3,(H,18,21)(H,19,22). The SMILES string of the molecule is CSc1ccccc1NC(=O)C(=O)NCCc1ccc(C(C)=O)s1. The van der Waals surface area contributed by atoms with E-state index in [0.717, 1.165) is 9.77 Å². The number of benzene rings is 1. The monoisotopic (exact) mass is 362 g/mol. The number of Topliss-reactive ketones (excluding diaryl/α,β-unsaturated/α-hetero) is 1. The summed E-state index contributed by atoms with van der Waals surface area (Å²) in [6, 6.07) is 10.9. The Bertz CT molecular complexity index is 756. The normalized spacial score (nSPS) is 10.2. The summed E-state index contributed by atoms with van der Waals surface area (Å²) >= 11 is 2.90. The van der Waals surface area contributed by atoms with Gasteiger partial charge in [-0.05, 0) is 43.9 Å². The fourth-order valence-corrected chi connectivity index (χ4v) is 3.46. The summed E-state index contributed by atoms with van der Waals surface area (Å²) in [5.41, 5.74) is 0.620. The number of rotatable bonds is 6. The van der Waals surface area contributed by atoms with E-state index in [9.17, 15) is 14.4 Å². The summed E-state index contributed by atoms with van der Waals surface area (Å²) in [5.74, 6) is -1.33. The van der Waals surface area contributed by atoms with Crippen molar-refractivity contribution in [2.45, 2.75) is 18.2 Å². The van der Waals surface area contributed by atoms with Crippen LogP contribution in [-0.2, 0) is 16.0 Å². The summed E-state index contributed by atoms with van der Waals surface area (Å²) < 4.78 is 0. The second-order valence-corrected chi connectivity index (χ2v) is 7.00. The quantitative estimate of drug-likeness (QED) is 0.471. The van der Waals surface area contributed by atoms with Gasteiger partial charge in [0.25, 0.3) is 0 Å². The molecule has 7 heteroatoms. The summed E-state index contributed by atoms with van der Waals surface area (Å²) in [6.45, 7) is 1.86. The van der Waals surface area contributed by atoms with E-state index in [-0.39, 0.29) is 5.78 Å². The zero-order valence-electron chi connectivity index (χ0n) is 13.4. The van der Waals surface area contributed by atoms with Crippen molar-refractivity contribution in [3.63, 3.8) is 0 Å². The molecule has 0 aliphatic carbocycles. The molecule has 0 unspecified atom stereocenters. The van der Waals surface area contributed by atoms with E-state index in [0.29, 0.717) is 23.5 Å². The molecular weight excluding hydrogens is 344 g/mol. The van der Waals surface area contributed by atoms with Crippen LogP contribution in [-0.4, -0.2) is 30.4 Å². The van der Waals surface area contributed by atoms with Gasteiger partial charge in [-0.1, -0.05) is 12.1 Å². The lowest BCUT2D eigenvalue weighted by molar-refractivity contribution is -0.136. The summed E-state index contributed by atoms with van der Waals surface area (Å²) in [4.78, 5) is 37.6. The third kappa shape index (κ3) is 4.94. The number of ketones is 1. The van der Waals surface area contributed by atoms with E-state index in [2.05, 4.69) is 10.6 Å². The Balaban J connectivity index is 1.83. The average Bonchev–Trinajstić information content (AvgIpc) is 3.04. The van der Waals surface area contributed by atoms with E-state index in [1.54, 1.807) is 18.2 Å². The lowest BCUT2D eigenvalue weighted by Gasteiger charge is -2.09. The number of thioether (sulfide) groups is 1. The topological polar surface area (TPSA) is 75.3 Å². The van der Waals surface area contributed by atoms with Gasteiger partial charge in [0, 0.05) is 16.3 Å². The van der Waals surface area contributed by atoms with Gasteiger partial charge in [-0.3, -0.25) is 14.4 Å². The minimum atomic E-state index is -0.688. The van der Waals surface area contributed by atoms with Gasteiger partial charge in [0.05, 0.1) is 10.6 Å². The van der Waals surface area contributed by atoms with E-state index < -0.39 is 11.8 Å². The molecule has 0 saturated heterocycles. The number of amides is 2. The molecule has 1 aromatic carbocycles.